The molecular formula is C60H36N6. The van der Waals surface area contributed by atoms with E-state index >= 15 is 0 Å². The van der Waals surface area contributed by atoms with Crippen molar-refractivity contribution in [3.63, 3.8) is 0 Å². The van der Waals surface area contributed by atoms with Crippen LogP contribution in [-0.4, -0.2) is 29.9 Å². The Morgan fingerprint density at radius 2 is 0.985 bits per heavy atom. The van der Waals surface area contributed by atoms with Gasteiger partial charge in [0.05, 0.1) is 22.6 Å². The van der Waals surface area contributed by atoms with Crippen LogP contribution in [0.3, 0.4) is 0 Å². The molecule has 6 aromatic carbocycles. The van der Waals surface area contributed by atoms with E-state index in [1.165, 1.54) is 60.5 Å². The van der Waals surface area contributed by atoms with Gasteiger partial charge < -0.3 is 0 Å². The number of benzene rings is 6. The van der Waals surface area contributed by atoms with Crippen LogP contribution >= 0.6 is 0 Å². The van der Waals surface area contributed by atoms with Crippen molar-refractivity contribution in [3.8, 4) is 89.7 Å². The summed E-state index contributed by atoms with van der Waals surface area (Å²) < 4.78 is 0. The van der Waals surface area contributed by atoms with Crippen molar-refractivity contribution in [2.45, 2.75) is 11.8 Å². The van der Waals surface area contributed by atoms with Gasteiger partial charge in [0.2, 0.25) is 0 Å². The summed E-state index contributed by atoms with van der Waals surface area (Å²) in [7, 11) is 0. The van der Waals surface area contributed by atoms with Crippen LogP contribution in [0, 0.1) is 0 Å². The molecule has 2 atom stereocenters. The molecule has 0 amide bonds. The van der Waals surface area contributed by atoms with Gasteiger partial charge in [0.25, 0.3) is 0 Å². The average molecular weight is 841 g/mol. The van der Waals surface area contributed by atoms with Crippen LogP contribution in [0.5, 0.6) is 0 Å². The lowest BCUT2D eigenvalue weighted by molar-refractivity contribution is 0.769. The molecule has 0 bridgehead atoms. The number of rotatable bonds is 6. The van der Waals surface area contributed by atoms with E-state index < -0.39 is 0 Å². The molecule has 5 aromatic heterocycles. The van der Waals surface area contributed by atoms with E-state index in [1.54, 1.807) is 12.4 Å². The summed E-state index contributed by atoms with van der Waals surface area (Å²) >= 11 is 0. The van der Waals surface area contributed by atoms with Crippen molar-refractivity contribution in [1.82, 2.24) is 29.9 Å². The second-order valence-corrected chi connectivity index (χ2v) is 17.4. The molecule has 0 radical (unpaired) electrons. The third-order valence-electron chi connectivity index (χ3n) is 13.9. The lowest BCUT2D eigenvalue weighted by atomic mass is 9.86. The number of allylic oxidation sites excluding steroid dienone is 4. The molecule has 2 unspecified atom stereocenters. The van der Waals surface area contributed by atoms with Gasteiger partial charge >= 0.3 is 0 Å². The molecule has 0 saturated heterocycles. The molecular weight excluding hydrogens is 805 g/mol. The summed E-state index contributed by atoms with van der Waals surface area (Å²) in [5.74, 6) is 1.25. The maximum absolute atomic E-state index is 5.56. The van der Waals surface area contributed by atoms with Gasteiger partial charge in [0.15, 0.2) is 5.82 Å². The SMILES string of the molecule is C1=CC2c3cccc4c(-c5cc(-c6ccc7c8c(cccc68)-c6ccccc6-7)c6nc(-c7ccc(-c8cccnc8)nc7)nc(-c7ccc(-c8cccnc8)nc7)c6c5)ccc(c34)C2C=C1. The van der Waals surface area contributed by atoms with Crippen LogP contribution in [0.15, 0.2) is 207 Å². The van der Waals surface area contributed by atoms with Crippen LogP contribution in [0.2, 0.25) is 0 Å². The Morgan fingerprint density at radius 3 is 1.67 bits per heavy atom. The summed E-state index contributed by atoms with van der Waals surface area (Å²) in [6.45, 7) is 0. The fourth-order valence-electron chi connectivity index (χ4n) is 10.9. The Bertz CT molecular complexity index is 3810. The monoisotopic (exact) mass is 840 g/mol. The van der Waals surface area contributed by atoms with E-state index in [4.69, 9.17) is 19.9 Å². The number of hydrogen-bond donors (Lipinski definition) is 0. The van der Waals surface area contributed by atoms with Crippen LogP contribution in [0.25, 0.3) is 122 Å². The fourth-order valence-corrected chi connectivity index (χ4v) is 10.9. The second-order valence-electron chi connectivity index (χ2n) is 17.4. The molecule has 306 valence electrons. The van der Waals surface area contributed by atoms with Crippen LogP contribution in [0.4, 0.5) is 0 Å². The van der Waals surface area contributed by atoms with Gasteiger partial charge in [-0.3, -0.25) is 19.9 Å². The highest BCUT2D eigenvalue weighted by Crippen LogP contribution is 2.53. The average Bonchev–Trinajstić information content (AvgIpc) is 3.90. The first-order valence-electron chi connectivity index (χ1n) is 22.4. The predicted octanol–water partition coefficient (Wildman–Crippen LogP) is 14.5. The Morgan fingerprint density at radius 1 is 0.364 bits per heavy atom. The molecule has 0 N–H and O–H groups in total. The minimum Gasteiger partial charge on any atom is -0.264 e. The summed E-state index contributed by atoms with van der Waals surface area (Å²) in [6, 6.07) is 52.5. The zero-order valence-corrected chi connectivity index (χ0v) is 35.5. The molecule has 5 heterocycles. The molecule has 0 saturated carbocycles. The molecule has 14 rings (SSSR count). The van der Waals surface area contributed by atoms with E-state index in [-0.39, 0.29) is 0 Å². The van der Waals surface area contributed by atoms with Gasteiger partial charge in [-0.2, -0.15) is 0 Å². The van der Waals surface area contributed by atoms with Crippen molar-refractivity contribution in [3.05, 3.63) is 218 Å². The number of pyridine rings is 4. The molecule has 3 aliphatic carbocycles. The van der Waals surface area contributed by atoms with Crippen molar-refractivity contribution in [2.24, 2.45) is 0 Å². The van der Waals surface area contributed by atoms with E-state index in [0.29, 0.717) is 17.7 Å². The zero-order valence-electron chi connectivity index (χ0n) is 35.5. The molecule has 6 nitrogen and oxygen atoms in total. The highest BCUT2D eigenvalue weighted by Gasteiger charge is 2.33. The summed E-state index contributed by atoms with van der Waals surface area (Å²) in [5, 5.41) is 6.01. The normalized spacial score (nSPS) is 15.2. The quantitative estimate of drug-likeness (QED) is 0.166. The second kappa shape index (κ2) is 14.4. The maximum atomic E-state index is 5.56. The molecule has 0 fully saturated rings. The fraction of sp³-hybridized carbons (Fsp3) is 0.0333. The standard InChI is InChI=1S/C60H36N6/c1-3-13-43-41(11-1)47-16-5-15-46-40(21-23-50(43)56(46)47)39-29-52(45-22-24-51-44-14-4-2-12-42(44)48-17-6-18-49(45)57(48)51)59-53(30-39)58(37-19-25-54(63-33-37)35-9-7-27-61-31-35)65-60(66-59)38-20-26-55(64-34-38)36-10-8-28-62-32-36/h1-34,41,43H. The molecule has 11 aromatic rings. The number of nitrogens with zero attached hydrogens (tertiary/aromatic N) is 6. The van der Waals surface area contributed by atoms with E-state index in [9.17, 15) is 0 Å². The Kier molecular flexibility index (Phi) is 8.01. The Balaban J connectivity index is 1.06. The first kappa shape index (κ1) is 36.7. The molecule has 3 aliphatic rings. The van der Waals surface area contributed by atoms with Gasteiger partial charge in [0, 0.05) is 82.2 Å². The first-order chi connectivity index (χ1) is 32.7. The molecule has 6 heteroatoms. The van der Waals surface area contributed by atoms with Crippen molar-refractivity contribution >= 4 is 32.4 Å². The number of aromatic nitrogens is 6. The summed E-state index contributed by atoms with van der Waals surface area (Å²) in [5.41, 5.74) is 19.2. The maximum Gasteiger partial charge on any atom is 0.162 e. The zero-order chi connectivity index (χ0) is 43.3. The van der Waals surface area contributed by atoms with Crippen LogP contribution in [-0.2, 0) is 0 Å². The molecule has 66 heavy (non-hydrogen) atoms. The summed E-state index contributed by atoms with van der Waals surface area (Å²) in [6.07, 6.45) is 20.1. The highest BCUT2D eigenvalue weighted by molar-refractivity contribution is 6.20. The highest BCUT2D eigenvalue weighted by atomic mass is 14.9. The molecule has 0 spiro atoms. The third kappa shape index (κ3) is 5.55. The number of hydrogen-bond acceptors (Lipinski definition) is 6. The smallest absolute Gasteiger partial charge is 0.162 e. The van der Waals surface area contributed by atoms with Gasteiger partial charge in [-0.1, -0.05) is 109 Å². The van der Waals surface area contributed by atoms with Gasteiger partial charge in [0.1, 0.15) is 0 Å². The molecule has 0 aliphatic heterocycles. The predicted molar refractivity (Wildman–Crippen MR) is 267 cm³/mol. The van der Waals surface area contributed by atoms with Gasteiger partial charge in [-0.15, -0.1) is 0 Å². The third-order valence-corrected chi connectivity index (χ3v) is 13.9. The topological polar surface area (TPSA) is 77.3 Å². The van der Waals surface area contributed by atoms with E-state index in [1.807, 2.05) is 55.1 Å². The van der Waals surface area contributed by atoms with Crippen molar-refractivity contribution in [2.75, 3.05) is 0 Å². The first-order valence-corrected chi connectivity index (χ1v) is 22.4. The van der Waals surface area contributed by atoms with Crippen molar-refractivity contribution in [1.29, 1.82) is 0 Å². The Labute approximate surface area is 380 Å². The largest absolute Gasteiger partial charge is 0.264 e. The van der Waals surface area contributed by atoms with Crippen molar-refractivity contribution < 1.29 is 0 Å². The number of fused-ring (bicyclic) bond motifs is 7. The minimum atomic E-state index is 0.335. The lowest BCUT2D eigenvalue weighted by Crippen LogP contribution is -2.01. The summed E-state index contributed by atoms with van der Waals surface area (Å²) in [4.78, 5) is 29.6. The van der Waals surface area contributed by atoms with Crippen LogP contribution < -0.4 is 0 Å². The Hall–Kier alpha value is -8.74. The lowest BCUT2D eigenvalue weighted by Gasteiger charge is -2.18. The minimum absolute atomic E-state index is 0.335. The van der Waals surface area contributed by atoms with Gasteiger partial charge in [-0.25, -0.2) is 9.97 Å². The van der Waals surface area contributed by atoms with Crippen LogP contribution in [0.1, 0.15) is 23.0 Å². The van der Waals surface area contributed by atoms with E-state index in [0.717, 1.165) is 66.9 Å². The van der Waals surface area contributed by atoms with E-state index in [2.05, 4.69) is 150 Å². The van der Waals surface area contributed by atoms with Gasteiger partial charge in [-0.05, 0) is 132 Å².